The SMILES string of the molecule is C[C@@H](c1ccncc1)N1CCC(Nc2ccc([N+](=O)[O-])cc2)CC1. The van der Waals surface area contributed by atoms with E-state index in [0.717, 1.165) is 31.6 Å². The summed E-state index contributed by atoms with van der Waals surface area (Å²) in [6.45, 7) is 4.31. The number of nitrogens with zero attached hydrogens (tertiary/aromatic N) is 3. The molecule has 0 amide bonds. The highest BCUT2D eigenvalue weighted by Crippen LogP contribution is 2.25. The van der Waals surface area contributed by atoms with Gasteiger partial charge in [-0.2, -0.15) is 0 Å². The van der Waals surface area contributed by atoms with Gasteiger partial charge in [0.1, 0.15) is 0 Å². The molecule has 1 aliphatic rings. The van der Waals surface area contributed by atoms with Crippen LogP contribution in [-0.2, 0) is 0 Å². The first kappa shape index (κ1) is 16.4. The maximum absolute atomic E-state index is 10.7. The van der Waals surface area contributed by atoms with E-state index in [4.69, 9.17) is 0 Å². The van der Waals surface area contributed by atoms with Crippen molar-refractivity contribution >= 4 is 11.4 Å². The number of hydrogen-bond donors (Lipinski definition) is 1. The van der Waals surface area contributed by atoms with E-state index in [0.29, 0.717) is 12.1 Å². The minimum atomic E-state index is -0.372. The van der Waals surface area contributed by atoms with Crippen molar-refractivity contribution in [1.82, 2.24) is 9.88 Å². The predicted molar refractivity (Wildman–Crippen MR) is 94.0 cm³/mol. The number of non-ortho nitro benzene ring substituents is 1. The van der Waals surface area contributed by atoms with Crippen LogP contribution < -0.4 is 5.32 Å². The fraction of sp³-hybridized carbons (Fsp3) is 0.389. The monoisotopic (exact) mass is 326 g/mol. The van der Waals surface area contributed by atoms with Gasteiger partial charge in [-0.25, -0.2) is 0 Å². The van der Waals surface area contributed by atoms with Gasteiger partial charge in [0.2, 0.25) is 0 Å². The number of likely N-dealkylation sites (tertiary alicyclic amines) is 1. The van der Waals surface area contributed by atoms with Crippen molar-refractivity contribution < 1.29 is 4.92 Å². The van der Waals surface area contributed by atoms with E-state index in [-0.39, 0.29) is 10.6 Å². The molecule has 1 saturated heterocycles. The van der Waals surface area contributed by atoms with Crippen LogP contribution in [0.4, 0.5) is 11.4 Å². The van der Waals surface area contributed by atoms with Crippen LogP contribution in [0.1, 0.15) is 31.4 Å². The van der Waals surface area contributed by atoms with Crippen LogP contribution in [-0.4, -0.2) is 33.9 Å². The Bertz CT molecular complexity index is 667. The fourth-order valence-corrected chi connectivity index (χ4v) is 3.20. The standard InChI is InChI=1S/C18H22N4O2/c1-14(15-6-10-19-11-7-15)21-12-8-17(9-13-21)20-16-2-4-18(5-3-16)22(23)24/h2-7,10-11,14,17,20H,8-9,12-13H2,1H3/t14-/m0/s1. The second kappa shape index (κ2) is 7.40. The van der Waals surface area contributed by atoms with E-state index in [1.165, 1.54) is 5.56 Å². The van der Waals surface area contributed by atoms with Crippen molar-refractivity contribution in [3.05, 3.63) is 64.5 Å². The molecule has 0 bridgehead atoms. The highest BCUT2D eigenvalue weighted by Gasteiger charge is 2.23. The van der Waals surface area contributed by atoms with Gasteiger partial charge in [0.05, 0.1) is 4.92 Å². The normalized spacial score (nSPS) is 17.4. The summed E-state index contributed by atoms with van der Waals surface area (Å²) in [6, 6.07) is 11.6. The summed E-state index contributed by atoms with van der Waals surface area (Å²) in [6.07, 6.45) is 5.81. The van der Waals surface area contributed by atoms with Gasteiger partial charge in [0.15, 0.2) is 0 Å². The number of nitrogens with one attached hydrogen (secondary N) is 1. The molecule has 0 spiro atoms. The van der Waals surface area contributed by atoms with Gasteiger partial charge in [-0.15, -0.1) is 0 Å². The van der Waals surface area contributed by atoms with Gasteiger partial charge >= 0.3 is 0 Å². The zero-order valence-electron chi connectivity index (χ0n) is 13.8. The molecule has 2 aromatic rings. The molecule has 6 nitrogen and oxygen atoms in total. The zero-order valence-corrected chi connectivity index (χ0v) is 13.8. The summed E-state index contributed by atoms with van der Waals surface area (Å²) in [5, 5.41) is 14.2. The molecule has 1 aromatic heterocycles. The number of anilines is 1. The number of nitro groups is 1. The third kappa shape index (κ3) is 3.89. The predicted octanol–water partition coefficient (Wildman–Crippen LogP) is 3.63. The van der Waals surface area contributed by atoms with Crippen molar-refractivity contribution in [3.63, 3.8) is 0 Å². The molecule has 3 rings (SSSR count). The average molecular weight is 326 g/mol. The van der Waals surface area contributed by atoms with Gasteiger partial charge in [-0.3, -0.25) is 20.0 Å². The summed E-state index contributed by atoms with van der Waals surface area (Å²) in [5.74, 6) is 0. The summed E-state index contributed by atoms with van der Waals surface area (Å²) in [7, 11) is 0. The van der Waals surface area contributed by atoms with E-state index in [2.05, 4.69) is 34.3 Å². The summed E-state index contributed by atoms with van der Waals surface area (Å²) in [4.78, 5) is 16.9. The van der Waals surface area contributed by atoms with Crippen LogP contribution in [0, 0.1) is 10.1 Å². The highest BCUT2D eigenvalue weighted by molar-refractivity contribution is 5.49. The molecule has 1 aliphatic heterocycles. The number of pyridine rings is 1. The van der Waals surface area contributed by atoms with E-state index in [1.54, 1.807) is 24.3 Å². The lowest BCUT2D eigenvalue weighted by Gasteiger charge is -2.36. The first-order valence-electron chi connectivity index (χ1n) is 8.28. The van der Waals surface area contributed by atoms with Gasteiger partial charge in [0.25, 0.3) is 5.69 Å². The molecule has 1 N–H and O–H groups in total. The van der Waals surface area contributed by atoms with E-state index in [9.17, 15) is 10.1 Å². The molecule has 1 aromatic carbocycles. The van der Waals surface area contributed by atoms with Crippen molar-refractivity contribution in [3.8, 4) is 0 Å². The zero-order chi connectivity index (χ0) is 16.9. The van der Waals surface area contributed by atoms with Crippen LogP contribution in [0.15, 0.2) is 48.8 Å². The van der Waals surface area contributed by atoms with Gasteiger partial charge in [-0.05, 0) is 49.6 Å². The summed E-state index contributed by atoms with van der Waals surface area (Å²) < 4.78 is 0. The Hall–Kier alpha value is -2.47. The largest absolute Gasteiger partial charge is 0.382 e. The highest BCUT2D eigenvalue weighted by atomic mass is 16.6. The average Bonchev–Trinajstić information content (AvgIpc) is 2.63. The first-order valence-corrected chi connectivity index (χ1v) is 8.28. The molecule has 126 valence electrons. The molecule has 0 unspecified atom stereocenters. The third-order valence-corrected chi connectivity index (χ3v) is 4.71. The van der Waals surface area contributed by atoms with Crippen LogP contribution in [0.25, 0.3) is 0 Å². The van der Waals surface area contributed by atoms with Gasteiger partial charge in [-0.1, -0.05) is 0 Å². The smallest absolute Gasteiger partial charge is 0.269 e. The lowest BCUT2D eigenvalue weighted by molar-refractivity contribution is -0.384. The third-order valence-electron chi connectivity index (χ3n) is 4.71. The van der Waals surface area contributed by atoms with Crippen LogP contribution in [0.3, 0.4) is 0 Å². The second-order valence-electron chi connectivity index (χ2n) is 6.22. The number of aromatic nitrogens is 1. The number of hydrogen-bond acceptors (Lipinski definition) is 5. The van der Waals surface area contributed by atoms with E-state index >= 15 is 0 Å². The first-order chi connectivity index (χ1) is 11.6. The maximum atomic E-state index is 10.7. The number of nitro benzene ring substituents is 1. The molecule has 0 radical (unpaired) electrons. The minimum Gasteiger partial charge on any atom is -0.382 e. The molecular weight excluding hydrogens is 304 g/mol. The van der Waals surface area contributed by atoms with Crippen LogP contribution in [0.2, 0.25) is 0 Å². The summed E-state index contributed by atoms with van der Waals surface area (Å²) in [5.41, 5.74) is 2.37. The minimum absolute atomic E-state index is 0.126. The molecule has 1 atom stereocenters. The van der Waals surface area contributed by atoms with E-state index < -0.39 is 0 Å². The lowest BCUT2D eigenvalue weighted by atomic mass is 10.0. The van der Waals surface area contributed by atoms with Gasteiger partial charge < -0.3 is 5.32 Å². The maximum Gasteiger partial charge on any atom is 0.269 e. The Morgan fingerprint density at radius 2 is 1.79 bits per heavy atom. The Kier molecular flexibility index (Phi) is 5.05. The van der Waals surface area contributed by atoms with Crippen molar-refractivity contribution in [2.75, 3.05) is 18.4 Å². The van der Waals surface area contributed by atoms with Crippen LogP contribution >= 0.6 is 0 Å². The summed E-state index contributed by atoms with van der Waals surface area (Å²) >= 11 is 0. The Morgan fingerprint density at radius 3 is 2.38 bits per heavy atom. The number of piperidine rings is 1. The van der Waals surface area contributed by atoms with Crippen molar-refractivity contribution in [1.29, 1.82) is 0 Å². The van der Waals surface area contributed by atoms with Crippen molar-refractivity contribution in [2.45, 2.75) is 31.8 Å². The molecule has 1 fully saturated rings. The lowest BCUT2D eigenvalue weighted by Crippen LogP contribution is -2.40. The molecule has 2 heterocycles. The Labute approximate surface area is 141 Å². The second-order valence-corrected chi connectivity index (χ2v) is 6.22. The molecule has 0 saturated carbocycles. The van der Waals surface area contributed by atoms with Crippen LogP contribution in [0.5, 0.6) is 0 Å². The van der Waals surface area contributed by atoms with Crippen molar-refractivity contribution in [2.24, 2.45) is 0 Å². The van der Waals surface area contributed by atoms with E-state index in [1.807, 2.05) is 12.4 Å². The number of benzene rings is 1. The molecule has 24 heavy (non-hydrogen) atoms. The van der Waals surface area contributed by atoms with Gasteiger partial charge in [0, 0.05) is 55.4 Å². The topological polar surface area (TPSA) is 71.3 Å². The molecular formula is C18H22N4O2. The molecule has 0 aliphatic carbocycles. The Morgan fingerprint density at radius 1 is 1.17 bits per heavy atom. The molecule has 6 heteroatoms. The Balaban J connectivity index is 1.52. The fourth-order valence-electron chi connectivity index (χ4n) is 3.20. The quantitative estimate of drug-likeness (QED) is 0.671. The number of rotatable bonds is 5.